The van der Waals surface area contributed by atoms with Crippen LogP contribution in [-0.2, 0) is 23.9 Å². The number of rotatable bonds is 14. The Hall–Kier alpha value is -3.41. The van der Waals surface area contributed by atoms with Gasteiger partial charge in [-0.15, -0.1) is 6.58 Å². The number of nitrogens with one attached hydrogen (secondary N) is 4. The van der Waals surface area contributed by atoms with Crippen molar-refractivity contribution in [2.45, 2.75) is 161 Å². The third-order valence-electron chi connectivity index (χ3n) is 12.0. The molecule has 3 heterocycles. The molecule has 0 aromatic rings. The van der Waals surface area contributed by atoms with E-state index in [2.05, 4.69) is 27.8 Å². The first-order chi connectivity index (χ1) is 25.1. The fourth-order valence-corrected chi connectivity index (χ4v) is 9.00. The van der Waals surface area contributed by atoms with E-state index in [1.807, 2.05) is 46.4 Å². The van der Waals surface area contributed by atoms with Gasteiger partial charge in [0.2, 0.25) is 23.6 Å². The topological polar surface area (TPSA) is 149 Å². The van der Waals surface area contributed by atoms with Crippen LogP contribution in [0.5, 0.6) is 0 Å². The number of amides is 6. The summed E-state index contributed by atoms with van der Waals surface area (Å²) in [6.45, 7) is 17.6. The summed E-state index contributed by atoms with van der Waals surface area (Å²) in [6.07, 6.45) is 11.9. The average Bonchev–Trinajstić information content (AvgIpc) is 3.80. The summed E-state index contributed by atoms with van der Waals surface area (Å²) < 4.78 is 6.45. The van der Waals surface area contributed by atoms with Gasteiger partial charge in [-0.3, -0.25) is 19.2 Å². The standard InChI is InChI=1S/C41H66N6O6/c1-8-15-29(33(26-19-20-26)36(49)42-21-9-2)43-37(50)35-28-23-41(6,7)53-30(28)24-47(35)38(51)34(27-16-11-10-12-17-27)45-39(52)44-31(40(3,4)5)25-46-22-14-13-18-32(46)48/h9,27-31,34-35H,2,8,10-25H2,1,3-7H3,(H,42,49)(H,43,50)(H2,44,45,52)/t28-,29?,30-,31+,34-,35-/m0/s1. The van der Waals surface area contributed by atoms with Crippen molar-refractivity contribution in [2.24, 2.45) is 17.3 Å². The summed E-state index contributed by atoms with van der Waals surface area (Å²) in [5, 5.41) is 12.4. The number of carbonyl (C=O) groups excluding carboxylic acids is 5. The van der Waals surface area contributed by atoms with Crippen LogP contribution in [-0.4, -0.2) is 102 Å². The van der Waals surface area contributed by atoms with Gasteiger partial charge in [0.1, 0.15) is 12.1 Å². The minimum absolute atomic E-state index is 0.0760. The third-order valence-corrected chi connectivity index (χ3v) is 12.0. The molecular formula is C41H66N6O6. The zero-order valence-corrected chi connectivity index (χ0v) is 33.2. The van der Waals surface area contributed by atoms with Crippen LogP contribution in [0.25, 0.3) is 0 Å². The summed E-state index contributed by atoms with van der Waals surface area (Å²) in [5.74, 6) is -0.936. The normalized spacial score (nSPS) is 25.9. The van der Waals surface area contributed by atoms with Gasteiger partial charge in [-0.1, -0.05) is 65.0 Å². The monoisotopic (exact) mass is 739 g/mol. The van der Waals surface area contributed by atoms with E-state index in [0.717, 1.165) is 69.8 Å². The van der Waals surface area contributed by atoms with E-state index in [0.29, 0.717) is 44.5 Å². The molecule has 0 spiro atoms. The summed E-state index contributed by atoms with van der Waals surface area (Å²) in [5.41, 5.74) is 0.885. The van der Waals surface area contributed by atoms with E-state index in [1.165, 1.54) is 0 Å². The fourth-order valence-electron chi connectivity index (χ4n) is 9.00. The highest BCUT2D eigenvalue weighted by atomic mass is 16.5. The van der Waals surface area contributed by atoms with Crippen molar-refractivity contribution < 1.29 is 28.7 Å². The van der Waals surface area contributed by atoms with Crippen LogP contribution in [0.15, 0.2) is 23.8 Å². The van der Waals surface area contributed by atoms with E-state index in [1.54, 1.807) is 11.0 Å². The Morgan fingerprint density at radius 3 is 2.34 bits per heavy atom. The molecule has 3 aliphatic heterocycles. The van der Waals surface area contributed by atoms with Gasteiger partial charge in [0, 0.05) is 44.1 Å². The number of urea groups is 1. The number of hydrogen-bond acceptors (Lipinski definition) is 6. The second kappa shape index (κ2) is 17.4. The van der Waals surface area contributed by atoms with E-state index < -0.39 is 29.8 Å². The minimum atomic E-state index is -0.824. The molecule has 2 saturated carbocycles. The smallest absolute Gasteiger partial charge is 0.315 e. The van der Waals surface area contributed by atoms with Gasteiger partial charge in [-0.2, -0.15) is 0 Å². The Bertz CT molecular complexity index is 1410. The summed E-state index contributed by atoms with van der Waals surface area (Å²) in [4.78, 5) is 73.1. The lowest BCUT2D eigenvalue weighted by atomic mass is 9.83. The molecule has 5 fully saturated rings. The van der Waals surface area contributed by atoms with Gasteiger partial charge in [0.25, 0.3) is 0 Å². The molecule has 0 radical (unpaired) electrons. The van der Waals surface area contributed by atoms with Gasteiger partial charge in [-0.05, 0) is 76.5 Å². The Labute approximate surface area is 317 Å². The summed E-state index contributed by atoms with van der Waals surface area (Å²) in [7, 11) is 0. The van der Waals surface area contributed by atoms with Gasteiger partial charge in [0.05, 0.1) is 23.8 Å². The van der Waals surface area contributed by atoms with Gasteiger partial charge in [-0.25, -0.2) is 4.79 Å². The molecule has 0 aromatic carbocycles. The highest BCUT2D eigenvalue weighted by Crippen LogP contribution is 2.44. The molecule has 0 aromatic heterocycles. The van der Waals surface area contributed by atoms with Crippen molar-refractivity contribution in [2.75, 3.05) is 26.2 Å². The van der Waals surface area contributed by atoms with Gasteiger partial charge < -0.3 is 35.8 Å². The predicted molar refractivity (Wildman–Crippen MR) is 205 cm³/mol. The average molecular weight is 739 g/mol. The maximum absolute atomic E-state index is 14.9. The molecule has 3 saturated heterocycles. The Balaban J connectivity index is 1.39. The van der Waals surface area contributed by atoms with Gasteiger partial charge in [0.15, 0.2) is 0 Å². The lowest BCUT2D eigenvalue weighted by Crippen LogP contribution is -2.61. The molecule has 1 unspecified atom stereocenters. The number of ether oxygens (including phenoxy) is 1. The first-order valence-electron chi connectivity index (χ1n) is 20.4. The maximum Gasteiger partial charge on any atom is 0.315 e. The zero-order valence-electron chi connectivity index (χ0n) is 33.2. The number of fused-ring (bicyclic) bond motifs is 1. The molecule has 296 valence electrons. The molecule has 5 aliphatic rings. The van der Waals surface area contributed by atoms with E-state index in [9.17, 15) is 24.0 Å². The number of carbonyl (C=O) groups is 5. The SMILES string of the molecule is C=CCNC(=O)C(=C1CC1)C(CCC)NC(=O)[C@@H]1[C@H]2CC(C)(C)O[C@H]2CN1C(=O)[C@@H](NC(=O)N[C@H](CN1CCCCC1=O)C(C)(C)C)C1CCCCC1. The lowest BCUT2D eigenvalue weighted by molar-refractivity contribution is -0.143. The Morgan fingerprint density at radius 2 is 1.72 bits per heavy atom. The van der Waals surface area contributed by atoms with Crippen LogP contribution < -0.4 is 21.3 Å². The molecule has 53 heavy (non-hydrogen) atoms. The van der Waals surface area contributed by atoms with Crippen LogP contribution in [0.1, 0.15) is 125 Å². The first kappa shape index (κ1) is 40.8. The van der Waals surface area contributed by atoms with Crippen molar-refractivity contribution in [1.29, 1.82) is 0 Å². The highest BCUT2D eigenvalue weighted by Gasteiger charge is 2.56. The van der Waals surface area contributed by atoms with Gasteiger partial charge >= 0.3 is 6.03 Å². The van der Waals surface area contributed by atoms with Crippen LogP contribution in [0.3, 0.4) is 0 Å². The molecular weight excluding hydrogens is 672 g/mol. The molecule has 12 nitrogen and oxygen atoms in total. The van der Waals surface area contributed by atoms with Crippen molar-refractivity contribution in [3.05, 3.63) is 23.8 Å². The Kier molecular flexibility index (Phi) is 13.4. The van der Waals surface area contributed by atoms with E-state index in [4.69, 9.17) is 4.74 Å². The molecule has 6 atom stereocenters. The second-order valence-corrected chi connectivity index (χ2v) is 17.8. The number of hydrogen-bond donors (Lipinski definition) is 4. The van der Waals surface area contributed by atoms with Crippen LogP contribution >= 0.6 is 0 Å². The minimum Gasteiger partial charge on any atom is -0.370 e. The van der Waals surface area contributed by atoms with E-state index in [-0.39, 0.29) is 59.6 Å². The fraction of sp³-hybridized carbons (Fsp3) is 0.780. The summed E-state index contributed by atoms with van der Waals surface area (Å²) >= 11 is 0. The molecule has 5 rings (SSSR count). The van der Waals surface area contributed by atoms with Crippen LogP contribution in [0.4, 0.5) is 4.79 Å². The largest absolute Gasteiger partial charge is 0.370 e. The second-order valence-electron chi connectivity index (χ2n) is 17.8. The Morgan fingerprint density at radius 1 is 1.00 bits per heavy atom. The molecule has 6 amide bonds. The molecule has 0 bridgehead atoms. The first-order valence-corrected chi connectivity index (χ1v) is 20.4. The lowest BCUT2D eigenvalue weighted by Gasteiger charge is -2.39. The molecule has 2 aliphatic carbocycles. The zero-order chi connectivity index (χ0) is 38.5. The van der Waals surface area contributed by atoms with E-state index >= 15 is 0 Å². The molecule has 12 heteroatoms. The number of nitrogens with zero attached hydrogens (tertiary/aromatic N) is 2. The quantitative estimate of drug-likeness (QED) is 0.150. The van der Waals surface area contributed by atoms with Crippen molar-refractivity contribution in [3.8, 4) is 0 Å². The van der Waals surface area contributed by atoms with Crippen molar-refractivity contribution >= 4 is 29.7 Å². The van der Waals surface area contributed by atoms with Crippen LogP contribution in [0, 0.1) is 17.3 Å². The number of allylic oxidation sites excluding steroid dienone is 1. The summed E-state index contributed by atoms with van der Waals surface area (Å²) in [6, 6.07) is -2.89. The predicted octanol–water partition coefficient (Wildman–Crippen LogP) is 4.73. The number of piperidine rings is 1. The number of likely N-dealkylation sites (tertiary alicyclic amines) is 2. The van der Waals surface area contributed by atoms with Crippen molar-refractivity contribution in [3.63, 3.8) is 0 Å². The van der Waals surface area contributed by atoms with Crippen molar-refractivity contribution in [1.82, 2.24) is 31.1 Å². The van der Waals surface area contributed by atoms with Crippen LogP contribution in [0.2, 0.25) is 0 Å². The highest BCUT2D eigenvalue weighted by molar-refractivity contribution is 5.98. The molecule has 4 N–H and O–H groups in total. The third kappa shape index (κ3) is 10.2. The maximum atomic E-state index is 14.9.